The summed E-state index contributed by atoms with van der Waals surface area (Å²) in [5.74, 6) is -0.0119. The van der Waals surface area contributed by atoms with E-state index >= 15 is 0 Å². The monoisotopic (exact) mass is 240 g/mol. The summed E-state index contributed by atoms with van der Waals surface area (Å²) in [4.78, 5) is 11.3. The molecule has 2 aromatic rings. The van der Waals surface area contributed by atoms with E-state index in [1.807, 2.05) is 24.3 Å². The van der Waals surface area contributed by atoms with Crippen LogP contribution in [0.3, 0.4) is 0 Å². The molecule has 0 atom stereocenters. The van der Waals surface area contributed by atoms with Gasteiger partial charge in [0.15, 0.2) is 5.78 Å². The zero-order valence-corrected chi connectivity index (χ0v) is 10.3. The number of anilines is 2. The highest BCUT2D eigenvalue weighted by Crippen LogP contribution is 2.19. The third kappa shape index (κ3) is 2.88. The number of carbonyl (C=O) groups is 1. The molecular formula is C15H16N2O. The number of benzene rings is 2. The highest BCUT2D eigenvalue weighted by molar-refractivity contribution is 5.99. The van der Waals surface area contributed by atoms with Crippen LogP contribution in [-0.4, -0.2) is 5.78 Å². The Balaban J connectivity index is 2.07. The number of hydrogen-bond donors (Lipinski definition) is 2. The van der Waals surface area contributed by atoms with E-state index in [4.69, 9.17) is 5.73 Å². The van der Waals surface area contributed by atoms with Gasteiger partial charge in [-0.05, 0) is 30.7 Å². The largest absolute Gasteiger partial charge is 0.398 e. The van der Waals surface area contributed by atoms with E-state index in [-0.39, 0.29) is 5.78 Å². The summed E-state index contributed by atoms with van der Waals surface area (Å²) >= 11 is 0. The molecule has 3 heteroatoms. The molecule has 2 rings (SSSR count). The minimum atomic E-state index is -0.0119. The van der Waals surface area contributed by atoms with Crippen molar-refractivity contribution < 1.29 is 4.79 Å². The molecule has 0 saturated heterocycles. The summed E-state index contributed by atoms with van der Waals surface area (Å²) < 4.78 is 0. The van der Waals surface area contributed by atoms with Crippen molar-refractivity contribution in [2.75, 3.05) is 11.1 Å². The van der Waals surface area contributed by atoms with Gasteiger partial charge in [0.25, 0.3) is 0 Å². The van der Waals surface area contributed by atoms with Gasteiger partial charge in [0.05, 0.1) is 0 Å². The Kier molecular flexibility index (Phi) is 3.63. The van der Waals surface area contributed by atoms with Crippen LogP contribution in [0.5, 0.6) is 0 Å². The van der Waals surface area contributed by atoms with E-state index < -0.39 is 0 Å². The molecule has 0 aliphatic heterocycles. The zero-order valence-electron chi connectivity index (χ0n) is 10.3. The van der Waals surface area contributed by atoms with E-state index in [0.29, 0.717) is 11.3 Å². The molecule has 92 valence electrons. The molecule has 0 saturated carbocycles. The molecule has 0 aliphatic rings. The van der Waals surface area contributed by atoms with Gasteiger partial charge in [0.1, 0.15) is 0 Å². The van der Waals surface area contributed by atoms with Crippen LogP contribution in [0.4, 0.5) is 11.4 Å². The third-order valence-corrected chi connectivity index (χ3v) is 2.77. The number of rotatable bonds is 4. The molecule has 0 bridgehead atoms. The lowest BCUT2D eigenvalue weighted by atomic mass is 10.1. The van der Waals surface area contributed by atoms with E-state index in [9.17, 15) is 4.79 Å². The second-order valence-electron chi connectivity index (χ2n) is 4.20. The predicted molar refractivity (Wildman–Crippen MR) is 74.6 cm³/mol. The Morgan fingerprint density at radius 3 is 2.50 bits per heavy atom. The quantitative estimate of drug-likeness (QED) is 0.638. The van der Waals surface area contributed by atoms with Crippen molar-refractivity contribution in [1.29, 1.82) is 0 Å². The second kappa shape index (κ2) is 5.36. The lowest BCUT2D eigenvalue weighted by Crippen LogP contribution is -2.03. The van der Waals surface area contributed by atoms with E-state index in [1.165, 1.54) is 12.5 Å². The van der Waals surface area contributed by atoms with Crippen molar-refractivity contribution in [3.63, 3.8) is 0 Å². The number of nitrogen functional groups attached to an aromatic ring is 1. The Bertz CT molecular complexity index is 550. The number of ketones is 1. The molecule has 0 aliphatic carbocycles. The van der Waals surface area contributed by atoms with Gasteiger partial charge in [-0.15, -0.1) is 0 Å². The molecule has 3 nitrogen and oxygen atoms in total. The molecule has 0 fully saturated rings. The van der Waals surface area contributed by atoms with Crippen LogP contribution in [0.1, 0.15) is 22.8 Å². The first kappa shape index (κ1) is 12.2. The van der Waals surface area contributed by atoms with E-state index in [2.05, 4.69) is 17.4 Å². The zero-order chi connectivity index (χ0) is 13.0. The summed E-state index contributed by atoms with van der Waals surface area (Å²) in [6.07, 6.45) is 0. The fourth-order valence-corrected chi connectivity index (χ4v) is 1.79. The average Bonchev–Trinajstić information content (AvgIpc) is 2.37. The van der Waals surface area contributed by atoms with Crippen molar-refractivity contribution in [3.8, 4) is 0 Å². The Morgan fingerprint density at radius 2 is 1.89 bits per heavy atom. The van der Waals surface area contributed by atoms with Crippen LogP contribution < -0.4 is 11.1 Å². The maximum Gasteiger partial charge on any atom is 0.161 e. The number of carbonyl (C=O) groups excluding carboxylic acids is 1. The first-order valence-corrected chi connectivity index (χ1v) is 5.85. The van der Waals surface area contributed by atoms with Gasteiger partial charge in [0, 0.05) is 23.5 Å². The molecule has 0 heterocycles. The minimum absolute atomic E-state index is 0.0119. The normalized spacial score (nSPS) is 10.1. The van der Waals surface area contributed by atoms with Crippen molar-refractivity contribution >= 4 is 17.2 Å². The van der Waals surface area contributed by atoms with Gasteiger partial charge in [-0.1, -0.05) is 30.3 Å². The molecule has 3 N–H and O–H groups in total. The Morgan fingerprint density at radius 1 is 1.17 bits per heavy atom. The molecule has 0 aromatic heterocycles. The van der Waals surface area contributed by atoms with Crippen LogP contribution in [0.2, 0.25) is 0 Å². The molecule has 0 amide bonds. The van der Waals surface area contributed by atoms with Gasteiger partial charge in [-0.25, -0.2) is 0 Å². The standard InChI is InChI=1S/C15H16N2O/c1-11(18)14-8-7-13(9-15(14)16)17-10-12-5-3-2-4-6-12/h2-9,17H,10,16H2,1H3. The van der Waals surface area contributed by atoms with Crippen molar-refractivity contribution in [1.82, 2.24) is 0 Å². The summed E-state index contributed by atoms with van der Waals surface area (Å²) in [6, 6.07) is 15.5. The molecule has 0 unspecified atom stereocenters. The van der Waals surface area contributed by atoms with E-state index in [0.717, 1.165) is 12.2 Å². The van der Waals surface area contributed by atoms with Gasteiger partial charge >= 0.3 is 0 Å². The lowest BCUT2D eigenvalue weighted by molar-refractivity contribution is 0.101. The third-order valence-electron chi connectivity index (χ3n) is 2.77. The average molecular weight is 240 g/mol. The lowest BCUT2D eigenvalue weighted by Gasteiger charge is -2.09. The molecular weight excluding hydrogens is 224 g/mol. The molecule has 0 radical (unpaired) electrons. The summed E-state index contributed by atoms with van der Waals surface area (Å²) in [5, 5.41) is 3.28. The fraction of sp³-hybridized carbons (Fsp3) is 0.133. The minimum Gasteiger partial charge on any atom is -0.398 e. The topological polar surface area (TPSA) is 55.1 Å². The van der Waals surface area contributed by atoms with Crippen LogP contribution in [-0.2, 0) is 6.54 Å². The van der Waals surface area contributed by atoms with Crippen LogP contribution >= 0.6 is 0 Å². The van der Waals surface area contributed by atoms with Crippen LogP contribution in [0.15, 0.2) is 48.5 Å². The summed E-state index contributed by atoms with van der Waals surface area (Å²) in [5.41, 5.74) is 9.03. The van der Waals surface area contributed by atoms with Crippen molar-refractivity contribution in [2.24, 2.45) is 0 Å². The summed E-state index contributed by atoms with van der Waals surface area (Å²) in [7, 11) is 0. The smallest absolute Gasteiger partial charge is 0.161 e. The molecule has 0 spiro atoms. The number of Topliss-reactive ketones (excluding diaryl/α,β-unsaturated/α-hetero) is 1. The molecule has 18 heavy (non-hydrogen) atoms. The highest BCUT2D eigenvalue weighted by atomic mass is 16.1. The van der Waals surface area contributed by atoms with Crippen molar-refractivity contribution in [3.05, 3.63) is 59.7 Å². The first-order chi connectivity index (χ1) is 8.66. The maximum atomic E-state index is 11.3. The number of nitrogens with one attached hydrogen (secondary N) is 1. The molecule has 2 aromatic carbocycles. The van der Waals surface area contributed by atoms with Crippen molar-refractivity contribution in [2.45, 2.75) is 13.5 Å². The number of nitrogens with two attached hydrogens (primary N) is 1. The Labute approximate surface area is 107 Å². The number of hydrogen-bond acceptors (Lipinski definition) is 3. The van der Waals surface area contributed by atoms with E-state index in [1.54, 1.807) is 12.1 Å². The predicted octanol–water partition coefficient (Wildman–Crippen LogP) is 3.08. The van der Waals surface area contributed by atoms with Gasteiger partial charge in [0.2, 0.25) is 0 Å². The SMILES string of the molecule is CC(=O)c1ccc(NCc2ccccc2)cc1N. The van der Waals surface area contributed by atoms with Gasteiger partial charge in [-0.3, -0.25) is 4.79 Å². The Hall–Kier alpha value is -2.29. The van der Waals surface area contributed by atoms with Crippen LogP contribution in [0, 0.1) is 0 Å². The maximum absolute atomic E-state index is 11.3. The van der Waals surface area contributed by atoms with Gasteiger partial charge < -0.3 is 11.1 Å². The first-order valence-electron chi connectivity index (χ1n) is 5.85. The summed E-state index contributed by atoms with van der Waals surface area (Å²) in [6.45, 7) is 2.25. The second-order valence-corrected chi connectivity index (χ2v) is 4.20. The fourth-order valence-electron chi connectivity index (χ4n) is 1.79. The van der Waals surface area contributed by atoms with Gasteiger partial charge in [-0.2, -0.15) is 0 Å². The highest BCUT2D eigenvalue weighted by Gasteiger charge is 2.04. The van der Waals surface area contributed by atoms with Crippen LogP contribution in [0.25, 0.3) is 0 Å².